The van der Waals surface area contributed by atoms with Gasteiger partial charge in [0, 0.05) is 35.5 Å². The summed E-state index contributed by atoms with van der Waals surface area (Å²) < 4.78 is 0. The number of H-pyrrole nitrogens is 1. The number of nitrogens with zero attached hydrogens (tertiary/aromatic N) is 4. The molecule has 1 amide bonds. The zero-order chi connectivity index (χ0) is 23.9. The van der Waals surface area contributed by atoms with Crippen LogP contribution in [0.3, 0.4) is 0 Å². The minimum Gasteiger partial charge on any atom is -0.465 e. The molecule has 0 aliphatic carbocycles. The number of anilines is 2. The Hall–Kier alpha value is -4.20. The molecule has 1 unspecified atom stereocenters. The van der Waals surface area contributed by atoms with Crippen molar-refractivity contribution in [1.29, 1.82) is 0 Å². The molecule has 172 valence electrons. The summed E-state index contributed by atoms with van der Waals surface area (Å²) in [5, 5.41) is 13.6. The van der Waals surface area contributed by atoms with Gasteiger partial charge in [0.15, 0.2) is 0 Å². The van der Waals surface area contributed by atoms with Crippen molar-refractivity contribution in [2.75, 3.05) is 5.32 Å². The van der Waals surface area contributed by atoms with Crippen molar-refractivity contribution in [3.63, 3.8) is 0 Å². The Balaban J connectivity index is 1.71. The number of carboxylic acid groups (broad SMARTS) is 1. The topological polar surface area (TPSA) is 107 Å². The van der Waals surface area contributed by atoms with E-state index in [9.17, 15) is 9.90 Å². The highest BCUT2D eigenvalue weighted by atomic mass is 16.4. The smallest absolute Gasteiger partial charge is 0.408 e. The molecule has 5 rings (SSSR count). The van der Waals surface area contributed by atoms with Gasteiger partial charge in [-0.25, -0.2) is 14.8 Å². The molecule has 3 N–H and O–H groups in total. The number of pyridine rings is 2. The van der Waals surface area contributed by atoms with Crippen molar-refractivity contribution in [2.24, 2.45) is 0 Å². The number of hydrogen-bond donors (Lipinski definition) is 3. The number of benzene rings is 1. The van der Waals surface area contributed by atoms with Crippen LogP contribution in [-0.2, 0) is 6.42 Å². The van der Waals surface area contributed by atoms with Gasteiger partial charge in [-0.05, 0) is 44.5 Å². The SMILES string of the molecule is CC(C)(C)N(C(=O)O)C(Cc1ccccc1)c1nc2c([nH]1)-c1ccncc1Nc1ncccc1-2. The van der Waals surface area contributed by atoms with Gasteiger partial charge in [-0.2, -0.15) is 0 Å². The lowest BCUT2D eigenvalue weighted by molar-refractivity contribution is 0.0671. The van der Waals surface area contributed by atoms with Crippen LogP contribution in [0.25, 0.3) is 22.5 Å². The molecular weight excluding hydrogens is 428 g/mol. The van der Waals surface area contributed by atoms with Crippen molar-refractivity contribution in [1.82, 2.24) is 24.8 Å². The Morgan fingerprint density at radius 1 is 1.06 bits per heavy atom. The molecule has 1 atom stereocenters. The average molecular weight is 455 g/mol. The van der Waals surface area contributed by atoms with Gasteiger partial charge < -0.3 is 15.4 Å². The third kappa shape index (κ3) is 3.87. The Kier molecular flexibility index (Phi) is 5.28. The van der Waals surface area contributed by atoms with E-state index in [-0.39, 0.29) is 0 Å². The summed E-state index contributed by atoms with van der Waals surface area (Å²) in [6, 6.07) is 15.1. The molecule has 4 heterocycles. The predicted octanol–water partition coefficient (Wildman–Crippen LogP) is 5.65. The van der Waals surface area contributed by atoms with Gasteiger partial charge in [-0.15, -0.1) is 0 Å². The van der Waals surface area contributed by atoms with Crippen molar-refractivity contribution in [3.8, 4) is 22.5 Å². The minimum atomic E-state index is -0.992. The maximum Gasteiger partial charge on any atom is 0.408 e. The number of aromatic amines is 1. The summed E-state index contributed by atoms with van der Waals surface area (Å²) in [7, 11) is 0. The molecule has 1 aliphatic heterocycles. The van der Waals surface area contributed by atoms with Crippen LogP contribution < -0.4 is 5.32 Å². The molecule has 3 aromatic heterocycles. The summed E-state index contributed by atoms with van der Waals surface area (Å²) in [4.78, 5) is 31.2. The quantitative estimate of drug-likeness (QED) is 0.324. The van der Waals surface area contributed by atoms with Crippen molar-refractivity contribution in [2.45, 2.75) is 38.8 Å². The maximum absolute atomic E-state index is 12.5. The molecule has 8 heteroatoms. The van der Waals surface area contributed by atoms with Crippen LogP contribution in [0.15, 0.2) is 67.1 Å². The second-order valence-electron chi connectivity index (χ2n) is 9.32. The molecule has 8 nitrogen and oxygen atoms in total. The van der Waals surface area contributed by atoms with Gasteiger partial charge in [0.25, 0.3) is 0 Å². The van der Waals surface area contributed by atoms with E-state index in [0.717, 1.165) is 33.8 Å². The van der Waals surface area contributed by atoms with Crippen LogP contribution in [0.5, 0.6) is 0 Å². The number of fused-ring (bicyclic) bond motifs is 5. The lowest BCUT2D eigenvalue weighted by atomic mass is 9.98. The van der Waals surface area contributed by atoms with Crippen LogP contribution in [0, 0.1) is 0 Å². The number of nitrogens with one attached hydrogen (secondary N) is 2. The van der Waals surface area contributed by atoms with Crippen LogP contribution >= 0.6 is 0 Å². The highest BCUT2D eigenvalue weighted by molar-refractivity contribution is 5.94. The number of rotatable bonds is 4. The molecule has 1 aliphatic rings. The normalized spacial score (nSPS) is 13.0. The first-order valence-corrected chi connectivity index (χ1v) is 11.2. The average Bonchev–Trinajstić information content (AvgIpc) is 3.19. The molecule has 0 fully saturated rings. The fourth-order valence-corrected chi connectivity index (χ4v) is 4.51. The summed E-state index contributed by atoms with van der Waals surface area (Å²) in [5.74, 6) is 1.27. The van der Waals surface area contributed by atoms with Gasteiger partial charge in [-0.3, -0.25) is 9.88 Å². The summed E-state index contributed by atoms with van der Waals surface area (Å²) in [6.07, 6.45) is 4.70. The van der Waals surface area contributed by atoms with Gasteiger partial charge in [-0.1, -0.05) is 30.3 Å². The summed E-state index contributed by atoms with van der Waals surface area (Å²) in [6.45, 7) is 5.70. The third-order valence-corrected chi connectivity index (χ3v) is 5.96. The first kappa shape index (κ1) is 21.6. The molecule has 4 aromatic rings. The molecule has 0 saturated carbocycles. The summed E-state index contributed by atoms with van der Waals surface area (Å²) in [5.41, 5.74) is 4.48. The minimum absolute atomic E-state index is 0.484. The number of carbonyl (C=O) groups is 1. The zero-order valence-corrected chi connectivity index (χ0v) is 19.3. The number of hydrogen-bond acceptors (Lipinski definition) is 5. The van der Waals surface area contributed by atoms with Crippen molar-refractivity contribution >= 4 is 17.6 Å². The second-order valence-corrected chi connectivity index (χ2v) is 9.32. The summed E-state index contributed by atoms with van der Waals surface area (Å²) >= 11 is 0. The predicted molar refractivity (Wildman–Crippen MR) is 131 cm³/mol. The van der Waals surface area contributed by atoms with Gasteiger partial charge in [0.2, 0.25) is 0 Å². The fourth-order valence-electron chi connectivity index (χ4n) is 4.51. The Morgan fingerprint density at radius 2 is 1.85 bits per heavy atom. The van der Waals surface area contributed by atoms with E-state index in [1.165, 1.54) is 4.90 Å². The lowest BCUT2D eigenvalue weighted by Gasteiger charge is -2.39. The second kappa shape index (κ2) is 8.30. The van der Waals surface area contributed by atoms with E-state index in [1.54, 1.807) is 18.6 Å². The Morgan fingerprint density at radius 3 is 2.59 bits per heavy atom. The van der Waals surface area contributed by atoms with Gasteiger partial charge in [0.05, 0.1) is 23.6 Å². The van der Waals surface area contributed by atoms with Crippen LogP contribution in [0.2, 0.25) is 0 Å². The monoisotopic (exact) mass is 454 g/mol. The first-order valence-electron chi connectivity index (χ1n) is 11.2. The van der Waals surface area contributed by atoms with Gasteiger partial charge >= 0.3 is 6.09 Å². The standard InChI is InChI=1S/C26H26N6O2/c1-26(2,3)32(25(33)34)20(14-16-8-5-4-6-9-16)24-30-21-17-11-13-27-15-19(17)29-23-18(22(21)31-24)10-7-12-28-23/h4-13,15,20H,14H2,1-3H3,(H,28,29)(H,30,31)(H,33,34). The molecule has 34 heavy (non-hydrogen) atoms. The lowest BCUT2D eigenvalue weighted by Crippen LogP contribution is -2.48. The third-order valence-electron chi connectivity index (χ3n) is 5.96. The van der Waals surface area contributed by atoms with Crippen LogP contribution in [0.1, 0.15) is 38.2 Å². The maximum atomic E-state index is 12.5. The Labute approximate surface area is 197 Å². The van der Waals surface area contributed by atoms with E-state index in [4.69, 9.17) is 4.98 Å². The Bertz CT molecular complexity index is 1280. The van der Waals surface area contributed by atoms with Crippen LogP contribution in [0.4, 0.5) is 16.3 Å². The highest BCUT2D eigenvalue weighted by Crippen LogP contribution is 2.43. The van der Waals surface area contributed by atoms with E-state index in [2.05, 4.69) is 20.3 Å². The van der Waals surface area contributed by atoms with Crippen molar-refractivity contribution in [3.05, 3.63) is 78.5 Å². The molecule has 0 bridgehead atoms. The van der Waals surface area contributed by atoms with Gasteiger partial charge in [0.1, 0.15) is 17.3 Å². The van der Waals surface area contributed by atoms with E-state index in [1.807, 2.05) is 69.3 Å². The first-order chi connectivity index (χ1) is 16.3. The number of amides is 1. The molecule has 0 spiro atoms. The van der Waals surface area contributed by atoms with E-state index < -0.39 is 17.7 Å². The molecule has 1 aromatic carbocycles. The van der Waals surface area contributed by atoms with Crippen molar-refractivity contribution < 1.29 is 9.90 Å². The largest absolute Gasteiger partial charge is 0.465 e. The molecule has 0 saturated heterocycles. The van der Waals surface area contributed by atoms with E-state index in [0.29, 0.717) is 18.1 Å². The van der Waals surface area contributed by atoms with E-state index >= 15 is 0 Å². The number of imidazole rings is 1. The van der Waals surface area contributed by atoms with Crippen LogP contribution in [-0.4, -0.2) is 41.6 Å². The highest BCUT2D eigenvalue weighted by Gasteiger charge is 2.37. The zero-order valence-electron chi connectivity index (χ0n) is 19.3. The molecular formula is C26H26N6O2. The number of aromatic nitrogens is 4. The molecule has 0 radical (unpaired) electrons. The fraction of sp³-hybridized carbons (Fsp3) is 0.231.